The molecule has 0 bridgehead atoms. The van der Waals surface area contributed by atoms with E-state index in [1.807, 2.05) is 42.1 Å². The monoisotopic (exact) mass is 444 g/mol. The average Bonchev–Trinajstić information content (AvgIpc) is 3.21. The van der Waals surface area contributed by atoms with Crippen molar-refractivity contribution < 1.29 is 9.18 Å². The van der Waals surface area contributed by atoms with Crippen molar-refractivity contribution in [2.24, 2.45) is 4.99 Å². The smallest absolute Gasteiger partial charge is 0.253 e. The Labute approximate surface area is 191 Å². The van der Waals surface area contributed by atoms with Gasteiger partial charge in [-0.1, -0.05) is 18.2 Å². The number of hydrogen-bond donors (Lipinski definition) is 1. The molecule has 0 aliphatic carbocycles. The van der Waals surface area contributed by atoms with Gasteiger partial charge < -0.3 is 10.3 Å². The third-order valence-electron chi connectivity index (χ3n) is 5.28. The number of rotatable bonds is 7. The Morgan fingerprint density at radius 3 is 2.73 bits per heavy atom. The molecule has 1 amide bonds. The van der Waals surface area contributed by atoms with Gasteiger partial charge in [0.15, 0.2) is 0 Å². The lowest BCUT2D eigenvalue weighted by atomic mass is 10.1. The van der Waals surface area contributed by atoms with Crippen molar-refractivity contribution in [1.82, 2.24) is 20.0 Å². The standard InChI is InChI=1S/C25H25FN6O/c1-27-24(33)21-8-6-17(15-22(21)26)10-12-29-25-30-16-20(32(25)31(2)3)14-18-7-9-23-19(13-18)5-4-11-28-23/h4-9,11-13,15-16H,10,14H2,1-3H3,(H,27,33). The molecule has 2 heterocycles. The van der Waals surface area contributed by atoms with Gasteiger partial charge in [-0.05, 0) is 41.5 Å². The number of halogens is 1. The zero-order valence-corrected chi connectivity index (χ0v) is 18.8. The van der Waals surface area contributed by atoms with Crippen molar-refractivity contribution in [2.75, 3.05) is 26.2 Å². The highest BCUT2D eigenvalue weighted by molar-refractivity contribution is 5.94. The Bertz CT molecular complexity index is 1330. The molecule has 0 atom stereocenters. The molecule has 0 fully saturated rings. The van der Waals surface area contributed by atoms with Crippen LogP contribution in [0.5, 0.6) is 0 Å². The minimum atomic E-state index is -0.553. The first-order valence-corrected chi connectivity index (χ1v) is 10.6. The quantitative estimate of drug-likeness (QED) is 0.442. The van der Waals surface area contributed by atoms with E-state index in [2.05, 4.69) is 38.5 Å². The topological polar surface area (TPSA) is 75.4 Å². The summed E-state index contributed by atoms with van der Waals surface area (Å²) in [6, 6.07) is 14.8. The summed E-state index contributed by atoms with van der Waals surface area (Å²) in [6.07, 6.45) is 6.41. The van der Waals surface area contributed by atoms with Crippen LogP contribution in [0.15, 0.2) is 65.9 Å². The van der Waals surface area contributed by atoms with Gasteiger partial charge in [-0.3, -0.25) is 9.78 Å². The number of amides is 1. The van der Waals surface area contributed by atoms with E-state index in [1.54, 1.807) is 18.5 Å². The highest BCUT2D eigenvalue weighted by Crippen LogP contribution is 2.20. The predicted molar refractivity (Wildman–Crippen MR) is 128 cm³/mol. The molecule has 0 spiro atoms. The number of aromatic nitrogens is 3. The maximum atomic E-state index is 14.2. The SMILES string of the molecule is CNC(=O)c1ccc(CC=Nc2ncc(Cc3ccc4ncccc4c3)n2N(C)C)cc1F. The molecular weight excluding hydrogens is 419 g/mol. The van der Waals surface area contributed by atoms with E-state index in [1.165, 1.54) is 19.2 Å². The number of nitrogens with zero attached hydrogens (tertiary/aromatic N) is 5. The number of nitrogens with one attached hydrogen (secondary N) is 1. The molecule has 8 heteroatoms. The van der Waals surface area contributed by atoms with E-state index < -0.39 is 11.7 Å². The first-order valence-electron chi connectivity index (χ1n) is 10.6. The summed E-state index contributed by atoms with van der Waals surface area (Å²) >= 11 is 0. The molecule has 0 radical (unpaired) electrons. The number of carbonyl (C=O) groups is 1. The Kier molecular flexibility index (Phi) is 6.44. The van der Waals surface area contributed by atoms with Gasteiger partial charge in [0.2, 0.25) is 5.95 Å². The summed E-state index contributed by atoms with van der Waals surface area (Å²) in [7, 11) is 5.34. The molecule has 0 saturated heterocycles. The van der Waals surface area contributed by atoms with Gasteiger partial charge in [-0.25, -0.2) is 19.0 Å². The van der Waals surface area contributed by atoms with Crippen molar-refractivity contribution in [2.45, 2.75) is 12.8 Å². The van der Waals surface area contributed by atoms with Crippen LogP contribution in [0.2, 0.25) is 0 Å². The maximum Gasteiger partial charge on any atom is 0.253 e. The molecule has 4 rings (SSSR count). The van der Waals surface area contributed by atoms with E-state index in [9.17, 15) is 9.18 Å². The lowest BCUT2D eigenvalue weighted by Crippen LogP contribution is -2.26. The van der Waals surface area contributed by atoms with Crippen molar-refractivity contribution in [3.8, 4) is 0 Å². The van der Waals surface area contributed by atoms with Crippen LogP contribution in [0.1, 0.15) is 27.2 Å². The van der Waals surface area contributed by atoms with Crippen LogP contribution in [-0.4, -0.2) is 47.9 Å². The molecule has 2 aromatic heterocycles. The van der Waals surface area contributed by atoms with Crippen LogP contribution in [0.4, 0.5) is 10.3 Å². The van der Waals surface area contributed by atoms with E-state index in [0.29, 0.717) is 18.8 Å². The predicted octanol–water partition coefficient (Wildman–Crippen LogP) is 3.66. The van der Waals surface area contributed by atoms with Crippen molar-refractivity contribution >= 4 is 29.0 Å². The summed E-state index contributed by atoms with van der Waals surface area (Å²) in [4.78, 5) is 25.0. The van der Waals surface area contributed by atoms with E-state index in [-0.39, 0.29) is 5.56 Å². The minimum Gasteiger partial charge on any atom is -0.355 e. The van der Waals surface area contributed by atoms with Gasteiger partial charge in [0, 0.05) is 51.8 Å². The van der Waals surface area contributed by atoms with Gasteiger partial charge in [0.1, 0.15) is 5.82 Å². The zero-order chi connectivity index (χ0) is 23.4. The van der Waals surface area contributed by atoms with E-state index in [0.717, 1.165) is 27.7 Å². The first-order chi connectivity index (χ1) is 16.0. The molecule has 168 valence electrons. The Balaban J connectivity index is 1.52. The van der Waals surface area contributed by atoms with Crippen LogP contribution in [0.25, 0.3) is 10.9 Å². The Morgan fingerprint density at radius 2 is 1.97 bits per heavy atom. The molecule has 0 unspecified atom stereocenters. The molecule has 0 aliphatic heterocycles. The van der Waals surface area contributed by atoms with Crippen molar-refractivity contribution in [1.29, 1.82) is 0 Å². The highest BCUT2D eigenvalue weighted by Gasteiger charge is 2.13. The summed E-state index contributed by atoms with van der Waals surface area (Å²) in [6.45, 7) is 0. The van der Waals surface area contributed by atoms with Crippen molar-refractivity contribution in [3.05, 3.63) is 89.1 Å². The second-order valence-corrected chi connectivity index (χ2v) is 7.82. The fourth-order valence-corrected chi connectivity index (χ4v) is 3.70. The Hall–Kier alpha value is -4.07. The van der Waals surface area contributed by atoms with Crippen LogP contribution < -0.4 is 10.3 Å². The summed E-state index contributed by atoms with van der Waals surface area (Å²) in [5, 5.41) is 5.45. The van der Waals surface area contributed by atoms with Crippen LogP contribution in [0.3, 0.4) is 0 Å². The second kappa shape index (κ2) is 9.60. The van der Waals surface area contributed by atoms with Gasteiger partial charge in [0.05, 0.1) is 23.0 Å². The van der Waals surface area contributed by atoms with Gasteiger partial charge in [-0.15, -0.1) is 0 Å². The second-order valence-electron chi connectivity index (χ2n) is 7.82. The number of hydrogen-bond acceptors (Lipinski definition) is 5. The van der Waals surface area contributed by atoms with Gasteiger partial charge in [0.25, 0.3) is 5.91 Å². The lowest BCUT2D eigenvalue weighted by molar-refractivity contribution is 0.0959. The zero-order valence-electron chi connectivity index (χ0n) is 18.8. The van der Waals surface area contributed by atoms with Crippen molar-refractivity contribution in [3.63, 3.8) is 0 Å². The lowest BCUT2D eigenvalue weighted by Gasteiger charge is -2.18. The molecule has 0 aliphatic rings. The number of imidazole rings is 1. The largest absolute Gasteiger partial charge is 0.355 e. The summed E-state index contributed by atoms with van der Waals surface area (Å²) in [5.41, 5.74) is 3.86. The van der Waals surface area contributed by atoms with E-state index in [4.69, 9.17) is 0 Å². The molecule has 33 heavy (non-hydrogen) atoms. The Morgan fingerprint density at radius 1 is 1.15 bits per heavy atom. The van der Waals surface area contributed by atoms with Gasteiger partial charge in [-0.2, -0.15) is 0 Å². The first kappa shape index (κ1) is 22.1. The number of benzene rings is 2. The maximum absolute atomic E-state index is 14.2. The molecule has 7 nitrogen and oxygen atoms in total. The minimum absolute atomic E-state index is 0.0236. The van der Waals surface area contributed by atoms with Gasteiger partial charge >= 0.3 is 0 Å². The third-order valence-corrected chi connectivity index (χ3v) is 5.28. The number of fused-ring (bicyclic) bond motifs is 1. The molecule has 1 N–H and O–H groups in total. The number of pyridine rings is 1. The molecule has 4 aromatic rings. The molecule has 0 saturated carbocycles. The fraction of sp³-hybridized carbons (Fsp3) is 0.200. The average molecular weight is 445 g/mol. The molecular formula is C25H25FN6O. The molecule has 2 aromatic carbocycles. The summed E-state index contributed by atoms with van der Waals surface area (Å²) in [5.74, 6) is -0.459. The summed E-state index contributed by atoms with van der Waals surface area (Å²) < 4.78 is 16.1. The van der Waals surface area contributed by atoms with Crippen LogP contribution in [-0.2, 0) is 12.8 Å². The number of aliphatic imine (C=N–C) groups is 1. The number of carbonyl (C=O) groups excluding carboxylic acids is 1. The van der Waals surface area contributed by atoms with Crippen LogP contribution in [0, 0.1) is 5.82 Å². The third kappa shape index (κ3) is 4.90. The fourth-order valence-electron chi connectivity index (χ4n) is 3.70. The highest BCUT2D eigenvalue weighted by atomic mass is 19.1. The normalized spacial score (nSPS) is 11.3. The van der Waals surface area contributed by atoms with E-state index >= 15 is 0 Å². The van der Waals surface area contributed by atoms with Crippen LogP contribution >= 0.6 is 0 Å².